The number of nitrogens with zero attached hydrogens (tertiary/aromatic N) is 2. The van der Waals surface area contributed by atoms with E-state index in [1.165, 1.54) is 0 Å². The van der Waals surface area contributed by atoms with Gasteiger partial charge in [-0.2, -0.15) is 0 Å². The Hall–Kier alpha value is -4.59. The van der Waals surface area contributed by atoms with Gasteiger partial charge in [0, 0.05) is 35.8 Å². The van der Waals surface area contributed by atoms with E-state index in [1.807, 2.05) is 92.0 Å². The van der Waals surface area contributed by atoms with E-state index in [9.17, 15) is 9.59 Å². The number of aliphatic imine (C=N–C) groups is 1. The molecule has 3 aromatic carbocycles. The highest BCUT2D eigenvalue weighted by molar-refractivity contribution is 5.98. The number of aryl methyl sites for hydroxylation is 1. The lowest BCUT2D eigenvalue weighted by Crippen LogP contribution is -2.43. The van der Waals surface area contributed by atoms with E-state index in [2.05, 4.69) is 15.3 Å². The Morgan fingerprint density at radius 3 is 2.43 bits per heavy atom. The molecule has 37 heavy (non-hydrogen) atoms. The molecule has 0 aliphatic heterocycles. The quantitative estimate of drug-likeness (QED) is 0.196. The number of hydrogen-bond acceptors (Lipinski definition) is 3. The summed E-state index contributed by atoms with van der Waals surface area (Å²) in [7, 11) is 0. The Bertz CT molecular complexity index is 1390. The zero-order chi connectivity index (χ0) is 26.2. The first-order valence-electron chi connectivity index (χ1n) is 12.3. The highest BCUT2D eigenvalue weighted by Gasteiger charge is 2.32. The van der Waals surface area contributed by atoms with Crippen LogP contribution in [0.1, 0.15) is 29.2 Å². The minimum atomic E-state index is -0.835. The van der Waals surface area contributed by atoms with Crippen LogP contribution >= 0.6 is 0 Å². The second kappa shape index (κ2) is 11.9. The number of anilines is 1. The maximum atomic E-state index is 13.8. The van der Waals surface area contributed by atoms with Gasteiger partial charge in [-0.05, 0) is 48.2 Å². The van der Waals surface area contributed by atoms with E-state index >= 15 is 0 Å². The summed E-state index contributed by atoms with van der Waals surface area (Å²) in [4.78, 5) is 36.3. The molecule has 4 aromatic rings. The summed E-state index contributed by atoms with van der Waals surface area (Å²) in [5.74, 6) is -0.564. The second-order valence-electron chi connectivity index (χ2n) is 8.87. The number of amides is 2. The number of nitrogens with one attached hydrogen (secondary N) is 2. The van der Waals surface area contributed by atoms with Gasteiger partial charge < -0.3 is 26.7 Å². The second-order valence-corrected chi connectivity index (χ2v) is 8.87. The van der Waals surface area contributed by atoms with Crippen LogP contribution in [0.4, 0.5) is 5.69 Å². The normalized spacial score (nSPS) is 11.6. The van der Waals surface area contributed by atoms with E-state index in [-0.39, 0.29) is 30.7 Å². The number of para-hydroxylation sites is 2. The molecular weight excluding hydrogens is 464 g/mol. The van der Waals surface area contributed by atoms with Crippen molar-refractivity contribution in [1.82, 2.24) is 9.88 Å². The van der Waals surface area contributed by atoms with Crippen molar-refractivity contribution < 1.29 is 9.59 Å². The molecule has 0 saturated heterocycles. The van der Waals surface area contributed by atoms with Gasteiger partial charge in [0.1, 0.15) is 6.04 Å². The molecule has 1 aromatic heterocycles. The van der Waals surface area contributed by atoms with Gasteiger partial charge in [-0.15, -0.1) is 0 Å². The molecule has 8 heteroatoms. The van der Waals surface area contributed by atoms with Crippen LogP contribution in [0.15, 0.2) is 90.1 Å². The summed E-state index contributed by atoms with van der Waals surface area (Å²) in [6.07, 6.45) is 2.60. The third-order valence-electron chi connectivity index (χ3n) is 6.32. The summed E-state index contributed by atoms with van der Waals surface area (Å²) in [5, 5.41) is 4.09. The highest BCUT2D eigenvalue weighted by Crippen LogP contribution is 2.28. The molecule has 4 rings (SSSR count). The van der Waals surface area contributed by atoms with Gasteiger partial charge in [0.05, 0.1) is 6.54 Å². The molecule has 1 heterocycles. The molecule has 6 N–H and O–H groups in total. The average molecular weight is 497 g/mol. The summed E-state index contributed by atoms with van der Waals surface area (Å²) in [6.45, 7) is 2.43. The molecule has 190 valence electrons. The summed E-state index contributed by atoms with van der Waals surface area (Å²) in [5.41, 5.74) is 15.4. The van der Waals surface area contributed by atoms with E-state index in [0.29, 0.717) is 18.7 Å². The molecule has 0 saturated carbocycles. The standard InChI is InChI=1S/C29H32N6O2/c1-20-9-5-6-12-23(20)27(28(37)34-22-10-3-2-4-11-22)35(26(36)15-17-32-29(30)31)18-16-21-19-33-25-14-8-7-13-24(21)25/h2-14,19,27,33H,15-18H2,1H3,(H,34,37)(H4,30,31,32). The number of guanidine groups is 1. The fourth-order valence-corrected chi connectivity index (χ4v) is 4.48. The number of H-pyrrole nitrogens is 1. The van der Waals surface area contributed by atoms with Crippen molar-refractivity contribution in [3.63, 3.8) is 0 Å². The molecular formula is C29H32N6O2. The van der Waals surface area contributed by atoms with Crippen LogP contribution in [0.3, 0.4) is 0 Å². The molecule has 0 spiro atoms. The number of benzene rings is 3. The highest BCUT2D eigenvalue weighted by atomic mass is 16.2. The number of aromatic amines is 1. The molecule has 0 aliphatic rings. The number of rotatable bonds is 10. The number of aromatic nitrogens is 1. The first-order valence-corrected chi connectivity index (χ1v) is 12.3. The lowest BCUT2D eigenvalue weighted by molar-refractivity contribution is -0.138. The predicted molar refractivity (Wildman–Crippen MR) is 148 cm³/mol. The number of nitrogens with two attached hydrogens (primary N) is 2. The van der Waals surface area contributed by atoms with Crippen molar-refractivity contribution in [2.45, 2.75) is 25.8 Å². The van der Waals surface area contributed by atoms with Crippen LogP contribution in [-0.2, 0) is 16.0 Å². The van der Waals surface area contributed by atoms with E-state index in [0.717, 1.165) is 27.6 Å². The van der Waals surface area contributed by atoms with Crippen LogP contribution in [0.2, 0.25) is 0 Å². The molecule has 8 nitrogen and oxygen atoms in total. The summed E-state index contributed by atoms with van der Waals surface area (Å²) < 4.78 is 0. The minimum absolute atomic E-state index is 0.0737. The van der Waals surface area contributed by atoms with Crippen molar-refractivity contribution in [3.05, 3.63) is 102 Å². The van der Waals surface area contributed by atoms with Crippen LogP contribution in [0.5, 0.6) is 0 Å². The Labute approximate surface area is 216 Å². The van der Waals surface area contributed by atoms with Crippen molar-refractivity contribution in [3.8, 4) is 0 Å². The topological polar surface area (TPSA) is 130 Å². The van der Waals surface area contributed by atoms with E-state index < -0.39 is 6.04 Å². The first-order chi connectivity index (χ1) is 17.9. The van der Waals surface area contributed by atoms with Crippen LogP contribution in [-0.4, -0.2) is 40.7 Å². The lowest BCUT2D eigenvalue weighted by atomic mass is 9.97. The third kappa shape index (κ3) is 6.35. The maximum Gasteiger partial charge on any atom is 0.251 e. The van der Waals surface area contributed by atoms with Gasteiger partial charge in [-0.25, -0.2) is 0 Å². The monoisotopic (exact) mass is 496 g/mol. The molecule has 0 bridgehead atoms. The third-order valence-corrected chi connectivity index (χ3v) is 6.32. The molecule has 2 amide bonds. The van der Waals surface area contributed by atoms with Crippen LogP contribution in [0.25, 0.3) is 10.9 Å². The van der Waals surface area contributed by atoms with Crippen molar-refractivity contribution in [2.75, 3.05) is 18.4 Å². The fourth-order valence-electron chi connectivity index (χ4n) is 4.48. The smallest absolute Gasteiger partial charge is 0.251 e. The Balaban J connectivity index is 1.69. The van der Waals surface area contributed by atoms with Gasteiger partial charge in [0.2, 0.25) is 5.91 Å². The minimum Gasteiger partial charge on any atom is -0.370 e. The Morgan fingerprint density at radius 2 is 1.68 bits per heavy atom. The van der Waals surface area contributed by atoms with Gasteiger partial charge in [-0.1, -0.05) is 60.7 Å². The fraction of sp³-hybridized carbons (Fsp3) is 0.207. The lowest BCUT2D eigenvalue weighted by Gasteiger charge is -2.32. The van der Waals surface area contributed by atoms with Crippen LogP contribution in [0, 0.1) is 6.92 Å². The zero-order valence-electron chi connectivity index (χ0n) is 20.9. The summed E-state index contributed by atoms with van der Waals surface area (Å²) >= 11 is 0. The Morgan fingerprint density at radius 1 is 0.973 bits per heavy atom. The van der Waals surface area contributed by atoms with Crippen molar-refractivity contribution in [1.29, 1.82) is 0 Å². The first kappa shape index (κ1) is 25.5. The van der Waals surface area contributed by atoms with E-state index in [1.54, 1.807) is 4.90 Å². The molecule has 0 aliphatic carbocycles. The Kier molecular flexibility index (Phi) is 8.20. The number of carbonyl (C=O) groups excluding carboxylic acids is 2. The van der Waals surface area contributed by atoms with Gasteiger partial charge >= 0.3 is 0 Å². The van der Waals surface area contributed by atoms with Gasteiger partial charge in [0.15, 0.2) is 5.96 Å². The number of fused-ring (bicyclic) bond motifs is 1. The van der Waals surface area contributed by atoms with Crippen molar-refractivity contribution >= 4 is 34.4 Å². The summed E-state index contributed by atoms with van der Waals surface area (Å²) in [6, 6.07) is 24.1. The molecule has 1 atom stereocenters. The molecule has 0 fully saturated rings. The predicted octanol–water partition coefficient (Wildman–Crippen LogP) is 3.89. The zero-order valence-corrected chi connectivity index (χ0v) is 20.9. The van der Waals surface area contributed by atoms with Crippen molar-refractivity contribution in [2.24, 2.45) is 16.5 Å². The SMILES string of the molecule is Cc1ccccc1C(C(=O)Nc1ccccc1)N(CCc1c[nH]c2ccccc12)C(=O)CCN=C(N)N. The maximum absolute atomic E-state index is 13.8. The van der Waals surface area contributed by atoms with Gasteiger partial charge in [0.25, 0.3) is 5.91 Å². The van der Waals surface area contributed by atoms with Crippen LogP contribution < -0.4 is 16.8 Å². The van der Waals surface area contributed by atoms with E-state index in [4.69, 9.17) is 11.5 Å². The number of carbonyl (C=O) groups is 2. The molecule has 1 unspecified atom stereocenters. The van der Waals surface area contributed by atoms with Gasteiger partial charge in [-0.3, -0.25) is 14.6 Å². The average Bonchev–Trinajstić information content (AvgIpc) is 3.30. The number of hydrogen-bond donors (Lipinski definition) is 4. The molecule has 0 radical (unpaired) electrons. The largest absolute Gasteiger partial charge is 0.370 e.